The number of hydrogen-bond acceptors (Lipinski definition) is 3. The average molecular weight is 316 g/mol. The van der Waals surface area contributed by atoms with Crippen LogP contribution in [0.1, 0.15) is 37.7 Å². The predicted octanol–water partition coefficient (Wildman–Crippen LogP) is 2.54. The molecule has 23 heavy (non-hydrogen) atoms. The van der Waals surface area contributed by atoms with Crippen LogP contribution in [-0.2, 0) is 11.2 Å². The Kier molecular flexibility index (Phi) is 5.77. The Morgan fingerprint density at radius 1 is 1.35 bits per heavy atom. The van der Waals surface area contributed by atoms with Gasteiger partial charge < -0.3 is 14.8 Å². The summed E-state index contributed by atoms with van der Waals surface area (Å²) in [5, 5.41) is 2.98. The van der Waals surface area contributed by atoms with Gasteiger partial charge in [0.2, 0.25) is 5.91 Å². The van der Waals surface area contributed by atoms with Crippen LogP contribution in [0.4, 0.5) is 0 Å². The van der Waals surface area contributed by atoms with Crippen LogP contribution in [0.25, 0.3) is 11.0 Å². The van der Waals surface area contributed by atoms with Crippen LogP contribution in [0.3, 0.4) is 0 Å². The van der Waals surface area contributed by atoms with Crippen LogP contribution in [0.5, 0.6) is 0 Å². The molecule has 1 amide bonds. The lowest BCUT2D eigenvalue weighted by Gasteiger charge is -2.11. The van der Waals surface area contributed by atoms with Crippen molar-refractivity contribution in [2.75, 3.05) is 27.2 Å². The zero-order chi connectivity index (χ0) is 17.0. The molecule has 2 rings (SSSR count). The molecule has 1 N–H and O–H groups in total. The molecule has 0 spiro atoms. The number of fused-ring (bicyclic) bond motifs is 1. The lowest BCUT2D eigenvalue weighted by atomic mass is 10.1. The van der Waals surface area contributed by atoms with Crippen LogP contribution < -0.4 is 5.32 Å². The van der Waals surface area contributed by atoms with Gasteiger partial charge in [0.05, 0.1) is 17.5 Å². The standard InChI is InChI=1S/C18H28N4O/c1-13(2)22-14(3)20-16-11-15(7-8-17(16)22)12-18(23)19-9-6-10-21(4)5/h7-8,11,13H,6,9-10,12H2,1-5H3,(H,19,23). The summed E-state index contributed by atoms with van der Waals surface area (Å²) < 4.78 is 2.22. The van der Waals surface area contributed by atoms with E-state index in [0.29, 0.717) is 12.5 Å². The fourth-order valence-corrected chi connectivity index (χ4v) is 2.90. The summed E-state index contributed by atoms with van der Waals surface area (Å²) in [6.45, 7) is 8.04. The number of aromatic nitrogens is 2. The van der Waals surface area contributed by atoms with E-state index in [0.717, 1.165) is 41.9 Å². The Hall–Kier alpha value is -1.88. The number of rotatable bonds is 7. The van der Waals surface area contributed by atoms with Gasteiger partial charge in [0, 0.05) is 12.6 Å². The fourth-order valence-electron chi connectivity index (χ4n) is 2.90. The quantitative estimate of drug-likeness (QED) is 0.799. The summed E-state index contributed by atoms with van der Waals surface area (Å²) in [6.07, 6.45) is 1.38. The third kappa shape index (κ3) is 4.55. The smallest absolute Gasteiger partial charge is 0.224 e. The summed E-state index contributed by atoms with van der Waals surface area (Å²) in [6, 6.07) is 6.51. The number of hydrogen-bond donors (Lipinski definition) is 1. The molecule has 0 radical (unpaired) electrons. The van der Waals surface area contributed by atoms with Gasteiger partial charge in [-0.25, -0.2) is 4.98 Å². The second-order valence-electron chi connectivity index (χ2n) is 6.63. The molecule has 5 nitrogen and oxygen atoms in total. The van der Waals surface area contributed by atoms with Gasteiger partial charge in [-0.15, -0.1) is 0 Å². The van der Waals surface area contributed by atoms with Crippen molar-refractivity contribution in [3.8, 4) is 0 Å². The summed E-state index contributed by atoms with van der Waals surface area (Å²) in [5.41, 5.74) is 3.11. The van der Waals surface area contributed by atoms with Crippen molar-refractivity contribution in [3.63, 3.8) is 0 Å². The Labute approximate surface area is 138 Å². The maximum Gasteiger partial charge on any atom is 0.224 e. The van der Waals surface area contributed by atoms with Crippen molar-refractivity contribution in [2.45, 2.75) is 39.7 Å². The molecule has 0 fully saturated rings. The van der Waals surface area contributed by atoms with Gasteiger partial charge in [0.25, 0.3) is 0 Å². The van der Waals surface area contributed by atoms with Crippen LogP contribution >= 0.6 is 0 Å². The number of carbonyl (C=O) groups is 1. The van der Waals surface area contributed by atoms with Crippen molar-refractivity contribution in [2.24, 2.45) is 0 Å². The normalized spacial score (nSPS) is 11.6. The number of aryl methyl sites for hydroxylation is 1. The van der Waals surface area contributed by atoms with Gasteiger partial charge in [0.1, 0.15) is 5.82 Å². The van der Waals surface area contributed by atoms with Crippen LogP contribution in [0, 0.1) is 6.92 Å². The first kappa shape index (κ1) is 17.5. The van der Waals surface area contributed by atoms with Crippen LogP contribution in [0.15, 0.2) is 18.2 Å². The highest BCUT2D eigenvalue weighted by molar-refractivity contribution is 5.82. The second-order valence-corrected chi connectivity index (χ2v) is 6.63. The van der Waals surface area contributed by atoms with Gasteiger partial charge in [-0.05, 0) is 65.5 Å². The third-order valence-electron chi connectivity index (χ3n) is 3.92. The lowest BCUT2D eigenvalue weighted by Crippen LogP contribution is -2.28. The number of nitrogens with zero attached hydrogens (tertiary/aromatic N) is 3. The number of benzene rings is 1. The molecule has 0 bridgehead atoms. The molecule has 0 saturated heterocycles. The summed E-state index contributed by atoms with van der Waals surface area (Å²) in [5.74, 6) is 1.09. The van der Waals surface area contributed by atoms with E-state index in [-0.39, 0.29) is 5.91 Å². The van der Waals surface area contributed by atoms with E-state index in [4.69, 9.17) is 0 Å². The molecule has 0 aliphatic rings. The molecule has 1 aromatic carbocycles. The maximum absolute atomic E-state index is 12.0. The maximum atomic E-state index is 12.0. The molecule has 0 aliphatic carbocycles. The van der Waals surface area contributed by atoms with E-state index in [9.17, 15) is 4.79 Å². The molecule has 2 aromatic rings. The minimum Gasteiger partial charge on any atom is -0.356 e. The van der Waals surface area contributed by atoms with Crippen molar-refractivity contribution < 1.29 is 4.79 Å². The second kappa shape index (κ2) is 7.59. The van der Waals surface area contributed by atoms with Crippen molar-refractivity contribution in [3.05, 3.63) is 29.6 Å². The van der Waals surface area contributed by atoms with Crippen LogP contribution in [0.2, 0.25) is 0 Å². The first-order valence-electron chi connectivity index (χ1n) is 8.27. The summed E-state index contributed by atoms with van der Waals surface area (Å²) in [7, 11) is 4.07. The highest BCUT2D eigenvalue weighted by Gasteiger charge is 2.11. The molecule has 1 heterocycles. The number of nitrogens with one attached hydrogen (secondary N) is 1. The molecular formula is C18H28N4O. The molecule has 1 aromatic heterocycles. The van der Waals surface area contributed by atoms with E-state index in [1.807, 2.05) is 33.2 Å². The Bertz CT molecular complexity index is 673. The monoisotopic (exact) mass is 316 g/mol. The molecule has 0 aliphatic heterocycles. The average Bonchev–Trinajstić information content (AvgIpc) is 2.78. The van der Waals surface area contributed by atoms with Crippen molar-refractivity contribution >= 4 is 16.9 Å². The van der Waals surface area contributed by atoms with E-state index in [1.165, 1.54) is 0 Å². The van der Waals surface area contributed by atoms with E-state index < -0.39 is 0 Å². The first-order chi connectivity index (χ1) is 10.9. The largest absolute Gasteiger partial charge is 0.356 e. The Morgan fingerprint density at radius 3 is 2.74 bits per heavy atom. The topological polar surface area (TPSA) is 50.2 Å². The highest BCUT2D eigenvalue weighted by Crippen LogP contribution is 2.21. The number of carbonyl (C=O) groups excluding carboxylic acids is 1. The molecular weight excluding hydrogens is 288 g/mol. The van der Waals surface area contributed by atoms with Gasteiger partial charge in [-0.2, -0.15) is 0 Å². The van der Waals surface area contributed by atoms with Crippen molar-refractivity contribution in [1.29, 1.82) is 0 Å². The highest BCUT2D eigenvalue weighted by atomic mass is 16.1. The van der Waals surface area contributed by atoms with Crippen molar-refractivity contribution in [1.82, 2.24) is 19.8 Å². The SMILES string of the molecule is Cc1nc2cc(CC(=O)NCCCN(C)C)ccc2n1C(C)C. The van der Waals surface area contributed by atoms with Gasteiger partial charge in [-0.1, -0.05) is 6.07 Å². The molecule has 0 atom stereocenters. The minimum absolute atomic E-state index is 0.0723. The Morgan fingerprint density at radius 2 is 2.09 bits per heavy atom. The van der Waals surface area contributed by atoms with E-state index in [1.54, 1.807) is 0 Å². The number of imidazole rings is 1. The molecule has 0 unspecified atom stereocenters. The van der Waals surface area contributed by atoms with E-state index in [2.05, 4.69) is 39.7 Å². The summed E-state index contributed by atoms with van der Waals surface area (Å²) in [4.78, 5) is 18.8. The van der Waals surface area contributed by atoms with Gasteiger partial charge in [0.15, 0.2) is 0 Å². The first-order valence-corrected chi connectivity index (χ1v) is 8.27. The lowest BCUT2D eigenvalue weighted by molar-refractivity contribution is -0.120. The summed E-state index contributed by atoms with van der Waals surface area (Å²) >= 11 is 0. The molecule has 126 valence electrons. The van der Waals surface area contributed by atoms with Gasteiger partial charge in [-0.3, -0.25) is 4.79 Å². The zero-order valence-corrected chi connectivity index (χ0v) is 14.9. The van der Waals surface area contributed by atoms with Crippen LogP contribution in [-0.4, -0.2) is 47.5 Å². The zero-order valence-electron chi connectivity index (χ0n) is 14.9. The van der Waals surface area contributed by atoms with E-state index >= 15 is 0 Å². The number of amides is 1. The third-order valence-corrected chi connectivity index (χ3v) is 3.92. The molecule has 0 saturated carbocycles. The predicted molar refractivity (Wildman–Crippen MR) is 94.7 cm³/mol. The molecule has 5 heteroatoms. The fraction of sp³-hybridized carbons (Fsp3) is 0.556. The van der Waals surface area contributed by atoms with Gasteiger partial charge >= 0.3 is 0 Å². The minimum atomic E-state index is 0.0723. The Balaban J connectivity index is 2.00.